The van der Waals surface area contributed by atoms with Gasteiger partial charge in [-0.05, 0) is 19.1 Å². The van der Waals surface area contributed by atoms with Crippen LogP contribution in [0.2, 0.25) is 0 Å². The molecule has 0 aliphatic carbocycles. The summed E-state index contributed by atoms with van der Waals surface area (Å²) in [5.74, 6) is -0.861. The number of anilines is 1. The molecule has 13 heteroatoms. The first-order valence-corrected chi connectivity index (χ1v) is 12.0. The van der Waals surface area contributed by atoms with E-state index in [1.807, 2.05) is 30.3 Å². The molecule has 1 unspecified atom stereocenters. The number of hydrogen-bond donors (Lipinski definition) is 3. The molecule has 0 bridgehead atoms. The van der Waals surface area contributed by atoms with E-state index in [-0.39, 0.29) is 30.4 Å². The highest BCUT2D eigenvalue weighted by atomic mass is 16.8. The van der Waals surface area contributed by atoms with Crippen molar-refractivity contribution in [2.45, 2.75) is 44.4 Å². The second kappa shape index (κ2) is 11.1. The second-order valence-electron chi connectivity index (χ2n) is 8.57. The average Bonchev–Trinajstić information content (AvgIpc) is 3.62. The van der Waals surface area contributed by atoms with Crippen LogP contribution in [0.1, 0.15) is 41.1 Å². The molecule has 13 nitrogen and oxygen atoms in total. The van der Waals surface area contributed by atoms with Gasteiger partial charge in [-0.25, -0.2) is 14.4 Å². The Morgan fingerprint density at radius 3 is 2.63 bits per heavy atom. The lowest BCUT2D eigenvalue weighted by Gasteiger charge is -2.21. The van der Waals surface area contributed by atoms with Gasteiger partial charge in [0.2, 0.25) is 0 Å². The number of carbonyl (C=O) groups excluding carboxylic acids is 1. The molecular formula is C25H26N4O9. The highest BCUT2D eigenvalue weighted by Gasteiger charge is 2.54. The van der Waals surface area contributed by atoms with E-state index in [2.05, 4.69) is 15.6 Å². The van der Waals surface area contributed by atoms with Gasteiger partial charge in [0.25, 0.3) is 0 Å². The number of aromatic carboxylic acids is 1. The number of aromatic nitrogens is 2. The highest BCUT2D eigenvalue weighted by Crippen LogP contribution is 2.43. The normalized spacial score (nSPS) is 24.2. The van der Waals surface area contributed by atoms with Crippen molar-refractivity contribution in [3.63, 3.8) is 0 Å². The Kier molecular flexibility index (Phi) is 7.51. The summed E-state index contributed by atoms with van der Waals surface area (Å²) in [6.45, 7) is 2.11. The minimum Gasteiger partial charge on any atom is -0.478 e. The van der Waals surface area contributed by atoms with Crippen LogP contribution in [0.3, 0.4) is 0 Å². The van der Waals surface area contributed by atoms with Crippen molar-refractivity contribution in [1.82, 2.24) is 14.9 Å². The van der Waals surface area contributed by atoms with E-state index in [0.29, 0.717) is 6.54 Å². The molecule has 5 rings (SSSR count). The Hall–Kier alpha value is -4.04. The summed E-state index contributed by atoms with van der Waals surface area (Å²) in [5, 5.41) is 14.3. The molecule has 2 aromatic heterocycles. The van der Waals surface area contributed by atoms with E-state index in [1.165, 1.54) is 29.2 Å². The minimum atomic E-state index is -1.12. The maximum atomic E-state index is 12.9. The topological polar surface area (TPSA) is 163 Å². The maximum absolute atomic E-state index is 12.9. The van der Waals surface area contributed by atoms with E-state index in [1.54, 1.807) is 6.92 Å². The SMILES string of the molecule is CCNC(=O)Nc1ccn([C@@H]2O[C@H](COCc3occc3C(=O)O)C3O[C@H](c4ccccc4)O[C@@H]32)c(=O)n1. The first kappa shape index (κ1) is 25.6. The van der Waals surface area contributed by atoms with Gasteiger partial charge in [-0.3, -0.25) is 9.88 Å². The van der Waals surface area contributed by atoms with Crippen LogP contribution in [-0.4, -0.2) is 58.1 Å². The minimum absolute atomic E-state index is 0.0108. The van der Waals surface area contributed by atoms with Crippen LogP contribution in [-0.2, 0) is 25.6 Å². The number of furan rings is 1. The van der Waals surface area contributed by atoms with Crippen molar-refractivity contribution in [1.29, 1.82) is 0 Å². The molecule has 4 heterocycles. The summed E-state index contributed by atoms with van der Waals surface area (Å²) in [7, 11) is 0. The summed E-state index contributed by atoms with van der Waals surface area (Å²) in [6.07, 6.45) is -0.757. The van der Waals surface area contributed by atoms with Gasteiger partial charge in [-0.15, -0.1) is 0 Å². The van der Waals surface area contributed by atoms with Crippen LogP contribution in [0.5, 0.6) is 0 Å². The molecule has 2 aliphatic rings. The van der Waals surface area contributed by atoms with Gasteiger partial charge in [0.15, 0.2) is 12.5 Å². The van der Waals surface area contributed by atoms with Gasteiger partial charge >= 0.3 is 17.7 Å². The number of nitrogens with zero attached hydrogens (tertiary/aromatic N) is 2. The summed E-state index contributed by atoms with van der Waals surface area (Å²) >= 11 is 0. The van der Waals surface area contributed by atoms with Crippen molar-refractivity contribution in [2.75, 3.05) is 18.5 Å². The van der Waals surface area contributed by atoms with Crippen molar-refractivity contribution in [3.05, 3.63) is 82.3 Å². The molecule has 2 aliphatic heterocycles. The largest absolute Gasteiger partial charge is 0.478 e. The molecule has 3 aromatic rings. The summed E-state index contributed by atoms with van der Waals surface area (Å²) in [4.78, 5) is 39.9. The van der Waals surface area contributed by atoms with Gasteiger partial charge in [-0.2, -0.15) is 4.98 Å². The van der Waals surface area contributed by atoms with Crippen molar-refractivity contribution >= 4 is 17.8 Å². The fourth-order valence-electron chi connectivity index (χ4n) is 4.37. The molecule has 5 atom stereocenters. The van der Waals surface area contributed by atoms with Crippen LogP contribution in [0.4, 0.5) is 10.6 Å². The molecule has 2 saturated heterocycles. The molecule has 200 valence electrons. The smallest absolute Gasteiger partial charge is 0.351 e. The zero-order chi connectivity index (χ0) is 26.6. The standard InChI is InChI=1S/C25H26N4O9/c1-2-26-24(32)27-18-8-10-29(25(33)28-18)21-20-19(37-23(38-20)14-6-4-3-5-7-14)17(36-21)13-34-12-16-15(22(30)31)9-11-35-16/h3-11,17,19-21,23H,2,12-13H2,1H3,(H,30,31)(H2,26,27,28,32,33)/t17-,19?,20+,21-,23+/m1/s1. The van der Waals surface area contributed by atoms with Crippen LogP contribution in [0.15, 0.2) is 64.1 Å². The van der Waals surface area contributed by atoms with E-state index in [9.17, 15) is 19.5 Å². The van der Waals surface area contributed by atoms with Crippen LogP contribution in [0.25, 0.3) is 0 Å². The third kappa shape index (κ3) is 5.31. The number of carboxylic acids is 1. The molecule has 3 N–H and O–H groups in total. The van der Waals surface area contributed by atoms with E-state index in [4.69, 9.17) is 23.4 Å². The number of ether oxygens (including phenoxy) is 4. The van der Waals surface area contributed by atoms with Gasteiger partial charge in [0.05, 0.1) is 12.9 Å². The first-order valence-electron chi connectivity index (χ1n) is 12.0. The summed E-state index contributed by atoms with van der Waals surface area (Å²) < 4.78 is 30.7. The van der Waals surface area contributed by atoms with E-state index < -0.39 is 48.5 Å². The molecule has 0 radical (unpaired) electrons. The van der Waals surface area contributed by atoms with Gasteiger partial charge in [0.1, 0.15) is 42.1 Å². The zero-order valence-electron chi connectivity index (χ0n) is 20.3. The molecule has 2 fully saturated rings. The molecular weight excluding hydrogens is 500 g/mol. The quantitative estimate of drug-likeness (QED) is 0.377. The predicted octanol–water partition coefficient (Wildman–Crippen LogP) is 2.27. The molecule has 2 amide bonds. The van der Waals surface area contributed by atoms with Gasteiger partial charge < -0.3 is 33.8 Å². The average molecular weight is 527 g/mol. The summed E-state index contributed by atoms with van der Waals surface area (Å²) in [6, 6.07) is 11.7. The number of benzene rings is 1. The van der Waals surface area contributed by atoms with Gasteiger partial charge in [0, 0.05) is 18.3 Å². The lowest BCUT2D eigenvalue weighted by molar-refractivity contribution is -0.159. The van der Waals surface area contributed by atoms with E-state index in [0.717, 1.165) is 5.56 Å². The number of carbonyl (C=O) groups is 2. The third-order valence-corrected chi connectivity index (χ3v) is 6.09. The highest BCUT2D eigenvalue weighted by molar-refractivity contribution is 5.88. The number of rotatable bonds is 9. The van der Waals surface area contributed by atoms with E-state index >= 15 is 0 Å². The Morgan fingerprint density at radius 1 is 1.11 bits per heavy atom. The van der Waals surface area contributed by atoms with Gasteiger partial charge in [-0.1, -0.05) is 30.3 Å². The second-order valence-corrected chi connectivity index (χ2v) is 8.57. The Morgan fingerprint density at radius 2 is 1.89 bits per heavy atom. The number of fused-ring (bicyclic) bond motifs is 1. The van der Waals surface area contributed by atoms with Crippen LogP contribution < -0.4 is 16.3 Å². The number of amides is 2. The Bertz CT molecular complexity index is 1340. The molecule has 38 heavy (non-hydrogen) atoms. The fraction of sp³-hybridized carbons (Fsp3) is 0.360. The van der Waals surface area contributed by atoms with Crippen molar-refractivity contribution in [2.24, 2.45) is 0 Å². The monoisotopic (exact) mass is 526 g/mol. The first-order chi connectivity index (χ1) is 18.4. The third-order valence-electron chi connectivity index (χ3n) is 6.09. The predicted molar refractivity (Wildman–Crippen MR) is 129 cm³/mol. The fourth-order valence-corrected chi connectivity index (χ4v) is 4.37. The number of carboxylic acid groups (broad SMARTS) is 1. The number of urea groups is 1. The lowest BCUT2D eigenvalue weighted by atomic mass is 10.1. The zero-order valence-corrected chi connectivity index (χ0v) is 20.3. The number of nitrogens with one attached hydrogen (secondary N) is 2. The van der Waals surface area contributed by atoms with Crippen LogP contribution >= 0.6 is 0 Å². The maximum Gasteiger partial charge on any atom is 0.351 e. The van der Waals surface area contributed by atoms with Crippen molar-refractivity contribution < 1.29 is 38.1 Å². The Labute approximate surface area is 216 Å². The molecule has 0 spiro atoms. The molecule has 0 saturated carbocycles. The van der Waals surface area contributed by atoms with Crippen LogP contribution in [0, 0.1) is 0 Å². The molecule has 1 aromatic carbocycles. The lowest BCUT2D eigenvalue weighted by Crippen LogP contribution is -2.35. The summed E-state index contributed by atoms with van der Waals surface area (Å²) in [5.41, 5.74) is 0.156. The van der Waals surface area contributed by atoms with Crippen molar-refractivity contribution in [3.8, 4) is 0 Å². The Balaban J connectivity index is 1.34. The number of hydrogen-bond acceptors (Lipinski definition) is 9.